The first-order valence-electron chi connectivity index (χ1n) is 7.49. The third-order valence-corrected chi connectivity index (χ3v) is 3.69. The van der Waals surface area contributed by atoms with Gasteiger partial charge in [-0.3, -0.25) is 0 Å². The van der Waals surface area contributed by atoms with Crippen molar-refractivity contribution in [2.75, 3.05) is 13.1 Å². The van der Waals surface area contributed by atoms with Gasteiger partial charge in [0.15, 0.2) is 5.76 Å². The minimum absolute atomic E-state index is 0. The van der Waals surface area contributed by atoms with Crippen molar-refractivity contribution in [3.05, 3.63) is 59.5 Å². The van der Waals surface area contributed by atoms with Crippen LogP contribution < -0.4 is 5.32 Å². The first-order valence-corrected chi connectivity index (χ1v) is 7.49. The summed E-state index contributed by atoms with van der Waals surface area (Å²) in [6, 6.07) is 10.2. The van der Waals surface area contributed by atoms with Crippen LogP contribution in [-0.4, -0.2) is 24.4 Å². The van der Waals surface area contributed by atoms with Gasteiger partial charge >= 0.3 is 0 Å². The van der Waals surface area contributed by atoms with E-state index in [4.69, 9.17) is 11.0 Å². The van der Waals surface area contributed by atoms with Gasteiger partial charge in [-0.05, 0) is 37.6 Å². The van der Waals surface area contributed by atoms with E-state index in [1.54, 1.807) is 0 Å². The Balaban J connectivity index is 0.000000258. The fourth-order valence-corrected chi connectivity index (χ4v) is 2.48. The molecule has 22 heavy (non-hydrogen) atoms. The molecule has 5 heteroatoms. The van der Waals surface area contributed by atoms with E-state index in [-0.39, 0.29) is 38.8 Å². The molecule has 1 heterocycles. The smallest absolute Gasteiger partial charge is 0.168 e. The predicted octanol–water partition coefficient (Wildman–Crippen LogP) is 4.03. The molecule has 4 nitrogen and oxygen atoms in total. The second kappa shape index (κ2) is 11.1. The third kappa shape index (κ3) is 6.31. The van der Waals surface area contributed by atoms with Crippen LogP contribution in [0.4, 0.5) is 0 Å². The van der Waals surface area contributed by atoms with E-state index < -0.39 is 0 Å². The minimum atomic E-state index is 0. The quantitative estimate of drug-likeness (QED) is 0.605. The monoisotopic (exact) mass is 376 g/mol. The summed E-state index contributed by atoms with van der Waals surface area (Å²) in [5.74, 6) is 0.558. The largest absolute Gasteiger partial charge is 0.675 e. The molecule has 1 aromatic carbocycles. The summed E-state index contributed by atoms with van der Waals surface area (Å²) < 4.78 is 0. The van der Waals surface area contributed by atoms with E-state index in [1.807, 2.05) is 42.5 Å². The summed E-state index contributed by atoms with van der Waals surface area (Å²) in [7, 11) is 0. The number of rotatable bonds is 2. The molecular formula is C17H23N2O2Y-. The van der Waals surface area contributed by atoms with Gasteiger partial charge in [-0.15, -0.1) is 6.04 Å². The van der Waals surface area contributed by atoms with E-state index in [2.05, 4.69) is 10.2 Å². The summed E-state index contributed by atoms with van der Waals surface area (Å²) in [5.41, 5.74) is 9.41. The molecule has 2 aliphatic rings. The zero-order chi connectivity index (χ0) is 14.9. The van der Waals surface area contributed by atoms with Crippen molar-refractivity contribution in [3.63, 3.8) is 0 Å². The Hall–Kier alpha value is -0.516. The summed E-state index contributed by atoms with van der Waals surface area (Å²) in [4.78, 5) is 4.35. The van der Waals surface area contributed by atoms with Gasteiger partial charge in [0, 0.05) is 38.3 Å². The van der Waals surface area contributed by atoms with Crippen molar-refractivity contribution >= 4 is 5.57 Å². The Morgan fingerprint density at radius 3 is 2.36 bits per heavy atom. The molecule has 1 aromatic rings. The van der Waals surface area contributed by atoms with Crippen molar-refractivity contribution in [2.24, 2.45) is 0 Å². The standard InChI is InChI=1S/C12H12O2.C5H11N2.Y/c13-14-12-9-5-4-8-11(12)10-6-2-1-3-7-10;6-5-1-3-7-4-2-5;/h1-3,5-7,9,13H,4,8H2;5-7H,1-4H2;/q;-1;. The summed E-state index contributed by atoms with van der Waals surface area (Å²) in [6.07, 6.45) is 7.80. The Morgan fingerprint density at radius 2 is 1.82 bits per heavy atom. The minimum Gasteiger partial charge on any atom is -0.675 e. The topological polar surface area (TPSA) is 65.3 Å². The van der Waals surface area contributed by atoms with E-state index >= 15 is 0 Å². The van der Waals surface area contributed by atoms with Gasteiger partial charge in [-0.1, -0.05) is 49.2 Å². The second-order valence-corrected chi connectivity index (χ2v) is 5.27. The zero-order valence-electron chi connectivity index (χ0n) is 12.8. The summed E-state index contributed by atoms with van der Waals surface area (Å²) >= 11 is 0. The molecule has 1 aliphatic carbocycles. The van der Waals surface area contributed by atoms with Gasteiger partial charge in [-0.2, -0.15) is 0 Å². The molecule has 0 amide bonds. The Morgan fingerprint density at radius 1 is 1.14 bits per heavy atom. The summed E-state index contributed by atoms with van der Waals surface area (Å²) in [5, 5.41) is 11.9. The van der Waals surface area contributed by atoms with Crippen LogP contribution in [0, 0.1) is 0 Å². The molecule has 3 N–H and O–H groups in total. The van der Waals surface area contributed by atoms with Crippen molar-refractivity contribution in [2.45, 2.75) is 31.7 Å². The Labute approximate surface area is 157 Å². The average molecular weight is 376 g/mol. The maximum Gasteiger partial charge on any atom is 0.168 e. The molecule has 0 bridgehead atoms. The molecule has 1 aliphatic heterocycles. The fourth-order valence-electron chi connectivity index (χ4n) is 2.48. The maximum absolute atomic E-state index is 8.71. The normalized spacial score (nSPS) is 18.1. The van der Waals surface area contributed by atoms with Crippen LogP contribution in [0.15, 0.2) is 48.2 Å². The Kier molecular flexibility index (Phi) is 9.84. The number of piperidine rings is 1. The Bertz CT molecular complexity index is 483. The number of hydrogen-bond donors (Lipinski definition) is 2. The van der Waals surface area contributed by atoms with E-state index in [1.165, 1.54) is 0 Å². The van der Waals surface area contributed by atoms with Gasteiger partial charge in [0.1, 0.15) is 0 Å². The first kappa shape index (κ1) is 19.5. The average Bonchev–Trinajstić information content (AvgIpc) is 2.57. The third-order valence-electron chi connectivity index (χ3n) is 3.69. The van der Waals surface area contributed by atoms with Crippen LogP contribution in [0.5, 0.6) is 0 Å². The molecule has 117 valence electrons. The number of benzene rings is 1. The SMILES string of the molecule is OOC1=C(c2ccccc2)CCC=C1.[NH-]C1CCNCC1.[Y]. The molecule has 0 saturated carbocycles. The maximum atomic E-state index is 8.71. The van der Waals surface area contributed by atoms with Crippen LogP contribution in [0.3, 0.4) is 0 Å². The molecule has 0 aromatic heterocycles. The van der Waals surface area contributed by atoms with Gasteiger partial charge in [-0.25, -0.2) is 5.26 Å². The number of hydrogen-bond acceptors (Lipinski definition) is 3. The molecule has 1 radical (unpaired) electrons. The van der Waals surface area contributed by atoms with Gasteiger partial charge in [0.25, 0.3) is 0 Å². The number of nitrogens with one attached hydrogen (secondary N) is 2. The van der Waals surface area contributed by atoms with Gasteiger partial charge in [0.05, 0.1) is 0 Å². The molecule has 3 rings (SSSR count). The van der Waals surface area contributed by atoms with E-state index in [9.17, 15) is 0 Å². The van der Waals surface area contributed by atoms with Crippen LogP contribution in [-0.2, 0) is 37.6 Å². The van der Waals surface area contributed by atoms with Crippen molar-refractivity contribution in [1.82, 2.24) is 5.32 Å². The van der Waals surface area contributed by atoms with Crippen LogP contribution >= 0.6 is 0 Å². The van der Waals surface area contributed by atoms with E-state index in [0.29, 0.717) is 5.76 Å². The molecular weight excluding hydrogens is 353 g/mol. The van der Waals surface area contributed by atoms with Crippen LogP contribution in [0.25, 0.3) is 11.3 Å². The molecule has 1 saturated heterocycles. The molecule has 0 atom stereocenters. The zero-order valence-corrected chi connectivity index (χ0v) is 15.6. The van der Waals surface area contributed by atoms with Crippen LogP contribution in [0.1, 0.15) is 31.2 Å². The predicted molar refractivity (Wildman–Crippen MR) is 85.7 cm³/mol. The van der Waals surface area contributed by atoms with Gasteiger partial charge in [0.2, 0.25) is 0 Å². The fraction of sp³-hybridized carbons (Fsp3) is 0.412. The summed E-state index contributed by atoms with van der Waals surface area (Å²) in [6.45, 7) is 2.10. The van der Waals surface area contributed by atoms with Crippen molar-refractivity contribution in [3.8, 4) is 0 Å². The van der Waals surface area contributed by atoms with E-state index in [0.717, 1.165) is 49.9 Å². The van der Waals surface area contributed by atoms with Crippen LogP contribution in [0.2, 0.25) is 0 Å². The van der Waals surface area contributed by atoms with Crippen molar-refractivity contribution < 1.29 is 42.9 Å². The van der Waals surface area contributed by atoms with Crippen molar-refractivity contribution in [1.29, 1.82) is 0 Å². The second-order valence-electron chi connectivity index (χ2n) is 5.27. The molecule has 0 unspecified atom stereocenters. The first-order chi connectivity index (χ1) is 10.3. The number of allylic oxidation sites excluding steroid dienone is 3. The molecule has 1 fully saturated rings. The molecule has 0 spiro atoms. The van der Waals surface area contributed by atoms with Gasteiger partial charge < -0.3 is 15.9 Å².